The van der Waals surface area contributed by atoms with Crippen LogP contribution in [0.3, 0.4) is 0 Å². The average molecular weight is 227 g/mol. The van der Waals surface area contributed by atoms with Gasteiger partial charge < -0.3 is 15.1 Å². The number of piperidine rings is 1. The Hall–Kier alpha value is -0.120. The summed E-state index contributed by atoms with van der Waals surface area (Å²) in [5.74, 6) is 0. The van der Waals surface area contributed by atoms with Crippen LogP contribution >= 0.6 is 0 Å². The minimum atomic E-state index is 0.219. The van der Waals surface area contributed by atoms with Gasteiger partial charge in [-0.1, -0.05) is 6.92 Å². The molecule has 1 N–H and O–H groups in total. The summed E-state index contributed by atoms with van der Waals surface area (Å²) in [4.78, 5) is 5.08. The van der Waals surface area contributed by atoms with Crippen LogP contribution in [0.25, 0.3) is 0 Å². The van der Waals surface area contributed by atoms with Gasteiger partial charge in [0.25, 0.3) is 0 Å². The Labute approximate surface area is 101 Å². The number of nitrogens with one attached hydrogen (secondary N) is 1. The van der Waals surface area contributed by atoms with E-state index in [0.717, 1.165) is 12.6 Å². The van der Waals surface area contributed by atoms with Crippen molar-refractivity contribution in [2.75, 3.05) is 40.3 Å². The molecule has 0 spiro atoms. The van der Waals surface area contributed by atoms with E-state index in [2.05, 4.69) is 42.9 Å². The highest BCUT2D eigenvalue weighted by Crippen LogP contribution is 2.17. The molecule has 0 aromatic carbocycles. The molecule has 3 heteroatoms. The lowest BCUT2D eigenvalue weighted by atomic mass is 10.00. The molecule has 1 rings (SSSR count). The van der Waals surface area contributed by atoms with Gasteiger partial charge in [-0.3, -0.25) is 0 Å². The average Bonchev–Trinajstić information content (AvgIpc) is 2.28. The van der Waals surface area contributed by atoms with E-state index >= 15 is 0 Å². The molecule has 1 aliphatic heterocycles. The van der Waals surface area contributed by atoms with Gasteiger partial charge in [0.15, 0.2) is 0 Å². The van der Waals surface area contributed by atoms with Crippen LogP contribution in [0.2, 0.25) is 0 Å². The maximum Gasteiger partial charge on any atom is 0.0249 e. The van der Waals surface area contributed by atoms with Crippen molar-refractivity contribution >= 4 is 0 Å². The Morgan fingerprint density at radius 1 is 1.31 bits per heavy atom. The maximum absolute atomic E-state index is 3.38. The number of rotatable bonds is 5. The molecule has 1 aliphatic rings. The van der Waals surface area contributed by atoms with Crippen molar-refractivity contribution in [3.63, 3.8) is 0 Å². The lowest BCUT2D eigenvalue weighted by molar-refractivity contribution is 0.112. The van der Waals surface area contributed by atoms with Crippen molar-refractivity contribution in [2.24, 2.45) is 0 Å². The smallest absolute Gasteiger partial charge is 0.0249 e. The van der Waals surface area contributed by atoms with Gasteiger partial charge in [0.05, 0.1) is 0 Å². The third-order valence-electron chi connectivity index (χ3n) is 3.95. The molecule has 0 radical (unpaired) electrons. The predicted molar refractivity (Wildman–Crippen MR) is 70.9 cm³/mol. The van der Waals surface area contributed by atoms with E-state index in [4.69, 9.17) is 0 Å². The summed E-state index contributed by atoms with van der Waals surface area (Å²) in [6.07, 6.45) is 2.65. The van der Waals surface area contributed by atoms with E-state index < -0.39 is 0 Å². The number of likely N-dealkylation sites (N-methyl/N-ethyl adjacent to an activating group) is 2. The van der Waals surface area contributed by atoms with E-state index in [-0.39, 0.29) is 5.54 Å². The topological polar surface area (TPSA) is 18.5 Å². The van der Waals surface area contributed by atoms with Crippen LogP contribution in [0.15, 0.2) is 0 Å². The van der Waals surface area contributed by atoms with Crippen LogP contribution in [-0.4, -0.2) is 61.7 Å². The monoisotopic (exact) mass is 227 g/mol. The second-order valence-corrected chi connectivity index (χ2v) is 5.71. The molecule has 16 heavy (non-hydrogen) atoms. The molecule has 1 heterocycles. The molecule has 0 saturated carbocycles. The van der Waals surface area contributed by atoms with Crippen LogP contribution in [-0.2, 0) is 0 Å². The van der Waals surface area contributed by atoms with Gasteiger partial charge in [0.2, 0.25) is 0 Å². The first-order valence-corrected chi connectivity index (χ1v) is 6.60. The fourth-order valence-electron chi connectivity index (χ4n) is 2.51. The Balaban J connectivity index is 2.36. The molecular formula is C13H29N3. The SMILES string of the molecule is CCN1CCC(N(C)CC(C)(C)NC)CC1. The lowest BCUT2D eigenvalue weighted by Gasteiger charge is -2.39. The van der Waals surface area contributed by atoms with E-state index in [1.807, 2.05) is 7.05 Å². The summed E-state index contributed by atoms with van der Waals surface area (Å²) in [6, 6.07) is 0.774. The summed E-state index contributed by atoms with van der Waals surface area (Å²) < 4.78 is 0. The van der Waals surface area contributed by atoms with Crippen LogP contribution in [0.1, 0.15) is 33.6 Å². The Morgan fingerprint density at radius 3 is 2.31 bits per heavy atom. The quantitative estimate of drug-likeness (QED) is 0.766. The minimum Gasteiger partial charge on any atom is -0.314 e. The van der Waals surface area contributed by atoms with Gasteiger partial charge in [0.1, 0.15) is 0 Å². The molecule has 0 aromatic rings. The molecule has 3 nitrogen and oxygen atoms in total. The fraction of sp³-hybridized carbons (Fsp3) is 1.00. The molecule has 96 valence electrons. The molecule has 0 unspecified atom stereocenters. The summed E-state index contributed by atoms with van der Waals surface area (Å²) in [7, 11) is 4.32. The van der Waals surface area contributed by atoms with Gasteiger partial charge in [0, 0.05) is 18.1 Å². The Kier molecular flexibility index (Phi) is 5.22. The van der Waals surface area contributed by atoms with Crippen molar-refractivity contribution in [2.45, 2.75) is 45.2 Å². The van der Waals surface area contributed by atoms with Crippen molar-refractivity contribution in [1.82, 2.24) is 15.1 Å². The summed E-state index contributed by atoms with van der Waals surface area (Å²) in [5.41, 5.74) is 0.219. The zero-order valence-electron chi connectivity index (χ0n) is 11.7. The second kappa shape index (κ2) is 5.99. The van der Waals surface area contributed by atoms with E-state index in [1.54, 1.807) is 0 Å². The molecule has 1 fully saturated rings. The summed E-state index contributed by atoms with van der Waals surface area (Å²) in [6.45, 7) is 11.7. The standard InChI is InChI=1S/C13H29N3/c1-6-16-9-7-12(8-10-16)15(5)11-13(2,3)14-4/h12,14H,6-11H2,1-5H3. The van der Waals surface area contributed by atoms with E-state index in [1.165, 1.54) is 32.5 Å². The largest absolute Gasteiger partial charge is 0.314 e. The van der Waals surface area contributed by atoms with Crippen LogP contribution < -0.4 is 5.32 Å². The highest BCUT2D eigenvalue weighted by atomic mass is 15.2. The fourth-order valence-corrected chi connectivity index (χ4v) is 2.51. The van der Waals surface area contributed by atoms with Crippen molar-refractivity contribution in [3.8, 4) is 0 Å². The summed E-state index contributed by atoms with van der Waals surface area (Å²) >= 11 is 0. The Morgan fingerprint density at radius 2 is 1.88 bits per heavy atom. The van der Waals surface area contributed by atoms with Crippen molar-refractivity contribution < 1.29 is 0 Å². The number of hydrogen-bond donors (Lipinski definition) is 1. The first-order valence-electron chi connectivity index (χ1n) is 6.60. The number of nitrogens with zero attached hydrogens (tertiary/aromatic N) is 2. The maximum atomic E-state index is 3.38. The molecule has 0 amide bonds. The molecule has 1 saturated heterocycles. The number of hydrogen-bond acceptors (Lipinski definition) is 3. The Bertz CT molecular complexity index is 195. The summed E-state index contributed by atoms with van der Waals surface area (Å²) in [5, 5.41) is 3.38. The third-order valence-corrected chi connectivity index (χ3v) is 3.95. The van der Waals surface area contributed by atoms with Gasteiger partial charge in [-0.25, -0.2) is 0 Å². The first-order chi connectivity index (χ1) is 7.48. The van der Waals surface area contributed by atoms with Crippen molar-refractivity contribution in [1.29, 1.82) is 0 Å². The molecule has 0 aliphatic carbocycles. The predicted octanol–water partition coefficient (Wildman–Crippen LogP) is 1.40. The molecule has 0 bridgehead atoms. The van der Waals surface area contributed by atoms with Gasteiger partial charge in [-0.15, -0.1) is 0 Å². The highest BCUT2D eigenvalue weighted by Gasteiger charge is 2.25. The molecule has 0 aromatic heterocycles. The molecule has 0 atom stereocenters. The number of likely N-dealkylation sites (tertiary alicyclic amines) is 1. The van der Waals surface area contributed by atoms with Gasteiger partial charge >= 0.3 is 0 Å². The van der Waals surface area contributed by atoms with Crippen LogP contribution in [0.5, 0.6) is 0 Å². The van der Waals surface area contributed by atoms with E-state index in [0.29, 0.717) is 0 Å². The van der Waals surface area contributed by atoms with Gasteiger partial charge in [-0.05, 0) is 60.4 Å². The first kappa shape index (κ1) is 13.9. The third kappa shape index (κ3) is 4.04. The van der Waals surface area contributed by atoms with Crippen LogP contribution in [0.4, 0.5) is 0 Å². The van der Waals surface area contributed by atoms with Crippen LogP contribution in [0, 0.1) is 0 Å². The normalized spacial score (nSPS) is 20.6. The molecular weight excluding hydrogens is 198 g/mol. The lowest BCUT2D eigenvalue weighted by Crippen LogP contribution is -2.51. The van der Waals surface area contributed by atoms with Crippen molar-refractivity contribution in [3.05, 3.63) is 0 Å². The van der Waals surface area contributed by atoms with E-state index in [9.17, 15) is 0 Å². The zero-order chi connectivity index (χ0) is 12.2. The minimum absolute atomic E-state index is 0.219. The zero-order valence-corrected chi connectivity index (χ0v) is 11.7. The second-order valence-electron chi connectivity index (χ2n) is 5.71. The highest BCUT2D eigenvalue weighted by molar-refractivity contribution is 4.84. The van der Waals surface area contributed by atoms with Gasteiger partial charge in [-0.2, -0.15) is 0 Å².